The van der Waals surface area contributed by atoms with Gasteiger partial charge in [0.2, 0.25) is 5.91 Å². The van der Waals surface area contributed by atoms with Crippen molar-refractivity contribution in [2.45, 2.75) is 27.0 Å². The Morgan fingerprint density at radius 3 is 2.52 bits per heavy atom. The Morgan fingerprint density at radius 1 is 1.23 bits per heavy atom. The van der Waals surface area contributed by atoms with Crippen molar-refractivity contribution in [3.8, 4) is 11.5 Å². The van der Waals surface area contributed by atoms with Gasteiger partial charge in [0.05, 0.1) is 13.7 Å². The second kappa shape index (κ2) is 14.2. The van der Waals surface area contributed by atoms with Gasteiger partial charge in [0.25, 0.3) is 0 Å². The number of piperazine rings is 1. The van der Waals surface area contributed by atoms with E-state index in [0.29, 0.717) is 30.4 Å². The van der Waals surface area contributed by atoms with E-state index in [1.807, 2.05) is 11.8 Å². The van der Waals surface area contributed by atoms with Gasteiger partial charge in [-0.25, -0.2) is 4.99 Å². The molecule has 1 aromatic rings. The molecule has 0 radical (unpaired) electrons. The smallest absolute Gasteiger partial charge is 0.387 e. The van der Waals surface area contributed by atoms with Crippen LogP contribution >= 0.6 is 24.0 Å². The lowest BCUT2D eigenvalue weighted by molar-refractivity contribution is -0.130. The molecular formula is C20H32F2IN5O3. The highest BCUT2D eigenvalue weighted by Crippen LogP contribution is 2.26. The molecule has 0 atom stereocenters. The first-order chi connectivity index (χ1) is 14.4. The van der Waals surface area contributed by atoms with Crippen LogP contribution in [0.5, 0.6) is 11.5 Å². The van der Waals surface area contributed by atoms with E-state index in [4.69, 9.17) is 4.74 Å². The highest BCUT2D eigenvalue weighted by atomic mass is 127. The number of alkyl halides is 2. The normalized spacial score (nSPS) is 14.8. The molecule has 8 nitrogen and oxygen atoms in total. The molecule has 0 aliphatic carbocycles. The van der Waals surface area contributed by atoms with Crippen molar-refractivity contribution in [3.63, 3.8) is 0 Å². The number of amides is 1. The van der Waals surface area contributed by atoms with E-state index in [1.54, 1.807) is 19.1 Å². The van der Waals surface area contributed by atoms with Gasteiger partial charge in [0.1, 0.15) is 11.5 Å². The second-order valence-corrected chi connectivity index (χ2v) is 6.82. The molecule has 1 aliphatic rings. The Kier molecular flexibility index (Phi) is 12.5. The van der Waals surface area contributed by atoms with Gasteiger partial charge in [-0.2, -0.15) is 8.78 Å². The van der Waals surface area contributed by atoms with Crippen molar-refractivity contribution < 1.29 is 23.0 Å². The van der Waals surface area contributed by atoms with Gasteiger partial charge in [-0.3, -0.25) is 9.69 Å². The fraction of sp³-hybridized carbons (Fsp3) is 0.600. The van der Waals surface area contributed by atoms with Crippen LogP contribution in [0.4, 0.5) is 8.78 Å². The van der Waals surface area contributed by atoms with Crippen LogP contribution < -0.4 is 20.1 Å². The number of benzene rings is 1. The summed E-state index contributed by atoms with van der Waals surface area (Å²) in [6.45, 7) is 6.12. The van der Waals surface area contributed by atoms with Crippen LogP contribution in [0, 0.1) is 0 Å². The minimum atomic E-state index is -2.91. The Morgan fingerprint density at radius 2 is 1.94 bits per heavy atom. The minimum Gasteiger partial charge on any atom is -0.497 e. The maximum atomic E-state index is 12.7. The number of carbonyl (C=O) groups excluding carboxylic acids is 1. The summed E-state index contributed by atoms with van der Waals surface area (Å²) in [6.07, 6.45) is 0. The molecule has 176 valence electrons. The predicted octanol–water partition coefficient (Wildman–Crippen LogP) is 2.13. The highest BCUT2D eigenvalue weighted by Gasteiger charge is 2.18. The van der Waals surface area contributed by atoms with E-state index >= 15 is 0 Å². The minimum absolute atomic E-state index is 0. The van der Waals surface area contributed by atoms with Gasteiger partial charge in [0.15, 0.2) is 5.96 Å². The number of carbonyl (C=O) groups is 1. The summed E-state index contributed by atoms with van der Waals surface area (Å²) in [5.74, 6) is 1.32. The zero-order chi connectivity index (χ0) is 21.9. The number of hydrogen-bond acceptors (Lipinski definition) is 5. The van der Waals surface area contributed by atoms with Crippen LogP contribution in [0.15, 0.2) is 23.2 Å². The molecule has 31 heavy (non-hydrogen) atoms. The first-order valence-corrected chi connectivity index (χ1v) is 10.0. The molecule has 1 amide bonds. The lowest BCUT2D eigenvalue weighted by atomic mass is 10.2. The third-order valence-corrected chi connectivity index (χ3v) is 4.77. The van der Waals surface area contributed by atoms with Gasteiger partial charge < -0.3 is 25.0 Å². The molecule has 1 fully saturated rings. The second-order valence-electron chi connectivity index (χ2n) is 6.82. The van der Waals surface area contributed by atoms with E-state index in [9.17, 15) is 13.6 Å². The average Bonchev–Trinajstić information content (AvgIpc) is 2.72. The summed E-state index contributed by atoms with van der Waals surface area (Å²) >= 11 is 0. The molecule has 1 aromatic carbocycles. The molecule has 2 rings (SSSR count). The summed E-state index contributed by atoms with van der Waals surface area (Å²) in [6, 6.07) is 4.66. The number of nitrogens with zero attached hydrogens (tertiary/aromatic N) is 3. The van der Waals surface area contributed by atoms with Gasteiger partial charge in [-0.05, 0) is 25.1 Å². The van der Waals surface area contributed by atoms with Crippen LogP contribution in [-0.2, 0) is 11.3 Å². The molecule has 2 N–H and O–H groups in total. The topological polar surface area (TPSA) is 78.4 Å². The van der Waals surface area contributed by atoms with Gasteiger partial charge in [0, 0.05) is 58.3 Å². The quantitative estimate of drug-likeness (QED) is 0.276. The Hall–Kier alpha value is -1.89. The van der Waals surface area contributed by atoms with Crippen molar-refractivity contribution in [1.29, 1.82) is 0 Å². The summed E-state index contributed by atoms with van der Waals surface area (Å²) in [4.78, 5) is 20.0. The van der Waals surface area contributed by atoms with E-state index in [0.717, 1.165) is 32.7 Å². The van der Waals surface area contributed by atoms with E-state index in [2.05, 4.69) is 25.3 Å². The van der Waals surface area contributed by atoms with Crippen LogP contribution in [0.25, 0.3) is 0 Å². The largest absolute Gasteiger partial charge is 0.497 e. The SMILES string of the molecule is CCNC(=NCc1cc(OC)ccc1OC(F)F)NCCN1CCN(C(C)=O)CC1.I. The zero-order valence-corrected chi connectivity index (χ0v) is 20.5. The average molecular weight is 555 g/mol. The Labute approximate surface area is 199 Å². The summed E-state index contributed by atoms with van der Waals surface area (Å²) in [5.41, 5.74) is 0.507. The first kappa shape index (κ1) is 27.1. The first-order valence-electron chi connectivity index (χ1n) is 10.0. The van der Waals surface area contributed by atoms with Crippen LogP contribution in [-0.4, -0.2) is 81.2 Å². The van der Waals surface area contributed by atoms with Gasteiger partial charge in [-0.15, -0.1) is 24.0 Å². The van der Waals surface area contributed by atoms with Gasteiger partial charge in [-0.1, -0.05) is 0 Å². The number of ether oxygens (including phenoxy) is 2. The summed E-state index contributed by atoms with van der Waals surface area (Å²) < 4.78 is 35.1. The molecular weight excluding hydrogens is 523 g/mol. The number of nitrogens with one attached hydrogen (secondary N) is 2. The van der Waals surface area contributed by atoms with Crippen molar-refractivity contribution in [3.05, 3.63) is 23.8 Å². The molecule has 0 bridgehead atoms. The molecule has 0 aromatic heterocycles. The molecule has 0 saturated carbocycles. The third-order valence-electron chi connectivity index (χ3n) is 4.77. The van der Waals surface area contributed by atoms with Crippen molar-refractivity contribution in [2.75, 3.05) is 52.9 Å². The molecule has 1 heterocycles. The molecule has 0 unspecified atom stereocenters. The number of aliphatic imine (C=N–C) groups is 1. The molecule has 0 spiro atoms. The highest BCUT2D eigenvalue weighted by molar-refractivity contribution is 14.0. The number of halogens is 3. The standard InChI is InChI=1S/C20H31F2N5O3.HI/c1-4-23-20(24-7-8-26-9-11-27(12-10-26)15(2)28)25-14-16-13-17(29-3)5-6-18(16)30-19(21)22;/h5-6,13,19H,4,7-12,14H2,1-3H3,(H2,23,24,25);1H. The lowest BCUT2D eigenvalue weighted by Crippen LogP contribution is -2.50. The number of methoxy groups -OCH3 is 1. The van der Waals surface area contributed by atoms with E-state index in [1.165, 1.54) is 13.2 Å². The van der Waals surface area contributed by atoms with Crippen molar-refractivity contribution in [1.82, 2.24) is 20.4 Å². The van der Waals surface area contributed by atoms with Crippen LogP contribution in [0.2, 0.25) is 0 Å². The van der Waals surface area contributed by atoms with Crippen molar-refractivity contribution in [2.24, 2.45) is 4.99 Å². The van der Waals surface area contributed by atoms with E-state index in [-0.39, 0.29) is 42.2 Å². The number of rotatable bonds is 9. The van der Waals surface area contributed by atoms with Gasteiger partial charge >= 0.3 is 6.61 Å². The lowest BCUT2D eigenvalue weighted by Gasteiger charge is -2.34. The summed E-state index contributed by atoms with van der Waals surface area (Å²) in [7, 11) is 1.51. The number of guanidine groups is 1. The summed E-state index contributed by atoms with van der Waals surface area (Å²) in [5, 5.41) is 6.41. The Bertz CT molecular complexity index is 716. The van der Waals surface area contributed by atoms with Crippen molar-refractivity contribution >= 4 is 35.8 Å². The fourth-order valence-electron chi connectivity index (χ4n) is 3.14. The number of hydrogen-bond donors (Lipinski definition) is 2. The Balaban J connectivity index is 0.00000480. The monoisotopic (exact) mass is 555 g/mol. The van der Waals surface area contributed by atoms with Crippen LogP contribution in [0.3, 0.4) is 0 Å². The molecule has 1 aliphatic heterocycles. The van der Waals surface area contributed by atoms with E-state index < -0.39 is 6.61 Å². The third kappa shape index (κ3) is 9.42. The maximum Gasteiger partial charge on any atom is 0.387 e. The molecule has 11 heteroatoms. The fourth-order valence-corrected chi connectivity index (χ4v) is 3.14. The zero-order valence-electron chi connectivity index (χ0n) is 18.2. The maximum absolute atomic E-state index is 12.7. The predicted molar refractivity (Wildman–Crippen MR) is 127 cm³/mol. The van der Waals surface area contributed by atoms with Crippen LogP contribution in [0.1, 0.15) is 19.4 Å². The molecule has 1 saturated heterocycles.